The van der Waals surface area contributed by atoms with E-state index in [1.807, 2.05) is 48.5 Å². The van der Waals surface area contributed by atoms with Gasteiger partial charge < -0.3 is 31.5 Å². The van der Waals surface area contributed by atoms with Crippen molar-refractivity contribution in [3.63, 3.8) is 0 Å². The molecular formula is C50H59Cl3N8O2. The van der Waals surface area contributed by atoms with E-state index >= 15 is 0 Å². The molecule has 0 spiro atoms. The van der Waals surface area contributed by atoms with Crippen molar-refractivity contribution in [3.8, 4) is 0 Å². The van der Waals surface area contributed by atoms with E-state index in [0.717, 1.165) is 59.5 Å². The van der Waals surface area contributed by atoms with Crippen molar-refractivity contribution < 1.29 is 9.59 Å². The SMILES string of the molecule is CC(C)(C)NC1CCN(c2cc(NC(=O)c3ccc(Cl)cc3)nc3ccccc23)CC1.CC(C)(C)NC1CCNCC1.O=C(Nc1cc(Cl)c2ccccc2n1)c1ccc(Cl)cc1. The van der Waals surface area contributed by atoms with Gasteiger partial charge in [0.05, 0.1) is 16.1 Å². The van der Waals surface area contributed by atoms with Gasteiger partial charge in [-0.15, -0.1) is 0 Å². The summed E-state index contributed by atoms with van der Waals surface area (Å²) in [5, 5.41) is 20.1. The first-order valence-corrected chi connectivity index (χ1v) is 22.7. The van der Waals surface area contributed by atoms with Crippen LogP contribution in [0.4, 0.5) is 17.3 Å². The number of fused-ring (bicyclic) bond motifs is 2. The van der Waals surface area contributed by atoms with Crippen LogP contribution in [0.25, 0.3) is 21.8 Å². The predicted molar refractivity (Wildman–Crippen MR) is 264 cm³/mol. The molecule has 0 aliphatic carbocycles. The number of amides is 2. The van der Waals surface area contributed by atoms with Crippen LogP contribution in [-0.2, 0) is 0 Å². The lowest BCUT2D eigenvalue weighted by molar-refractivity contribution is 0.101. The van der Waals surface area contributed by atoms with Crippen LogP contribution < -0.4 is 31.5 Å². The van der Waals surface area contributed by atoms with Gasteiger partial charge in [-0.1, -0.05) is 71.2 Å². The van der Waals surface area contributed by atoms with E-state index in [4.69, 9.17) is 34.8 Å². The van der Waals surface area contributed by atoms with Crippen LogP contribution >= 0.6 is 34.8 Å². The van der Waals surface area contributed by atoms with Crippen molar-refractivity contribution in [1.82, 2.24) is 25.9 Å². The second-order valence-electron chi connectivity index (χ2n) is 18.0. The van der Waals surface area contributed by atoms with Crippen LogP contribution in [-0.4, -0.2) is 71.1 Å². The predicted octanol–water partition coefficient (Wildman–Crippen LogP) is 11.4. The number of carbonyl (C=O) groups excluding carboxylic acids is 2. The summed E-state index contributed by atoms with van der Waals surface area (Å²) < 4.78 is 0. The summed E-state index contributed by atoms with van der Waals surface area (Å²) in [6, 6.07) is 34.0. The molecule has 10 nitrogen and oxygen atoms in total. The van der Waals surface area contributed by atoms with Gasteiger partial charge >= 0.3 is 0 Å². The van der Waals surface area contributed by atoms with Gasteiger partial charge in [-0.05, 0) is 141 Å². The zero-order chi connectivity index (χ0) is 45.1. The van der Waals surface area contributed by atoms with Crippen molar-refractivity contribution in [2.45, 2.75) is 90.4 Å². The third kappa shape index (κ3) is 14.6. The van der Waals surface area contributed by atoms with Crippen molar-refractivity contribution >= 4 is 85.7 Å². The maximum atomic E-state index is 12.7. The highest BCUT2D eigenvalue weighted by atomic mass is 35.5. The Bertz CT molecular complexity index is 2450. The Hall–Kier alpha value is -4.81. The van der Waals surface area contributed by atoms with E-state index < -0.39 is 0 Å². The summed E-state index contributed by atoms with van der Waals surface area (Å²) in [7, 11) is 0. The Morgan fingerprint density at radius 1 is 0.587 bits per heavy atom. The lowest BCUT2D eigenvalue weighted by Gasteiger charge is -2.37. The molecule has 6 aromatic rings. The van der Waals surface area contributed by atoms with Crippen LogP contribution in [0.5, 0.6) is 0 Å². The molecule has 2 aromatic heterocycles. The monoisotopic (exact) mass is 908 g/mol. The molecule has 2 saturated heterocycles. The molecule has 2 aliphatic heterocycles. The molecule has 2 amide bonds. The minimum Gasteiger partial charge on any atom is -0.371 e. The number of rotatable bonds is 7. The average molecular weight is 910 g/mol. The number of nitrogens with zero attached hydrogens (tertiary/aromatic N) is 3. The highest BCUT2D eigenvalue weighted by Crippen LogP contribution is 2.32. The van der Waals surface area contributed by atoms with Gasteiger partial charge in [0, 0.05) is 86.0 Å². The second-order valence-corrected chi connectivity index (χ2v) is 19.3. The minimum absolute atomic E-state index is 0.120. The Labute approximate surface area is 386 Å². The molecule has 63 heavy (non-hydrogen) atoms. The van der Waals surface area contributed by atoms with Crippen molar-refractivity contribution in [1.29, 1.82) is 0 Å². The molecule has 0 bridgehead atoms. The number of nitrogens with one attached hydrogen (secondary N) is 5. The Morgan fingerprint density at radius 3 is 1.51 bits per heavy atom. The standard InChI is InChI=1S/C25H29ClN4O.C16H10Cl2N2O.C9H20N2/c1-25(2,3)29-19-12-14-30(15-13-19)22-16-23(27-21-7-5-4-6-20(21)22)28-24(31)17-8-10-18(26)11-9-17;17-11-7-5-10(6-8-11)16(21)20-15-9-13(18)12-3-1-2-4-14(12)19-15;1-9(2,3)11-8-4-6-10-7-5-8/h4-11,16,19,29H,12-15H2,1-3H3,(H,27,28,31);1-9H,(H,19,20,21);8,10-11H,4-7H2,1-3H3. The number of carbonyl (C=O) groups is 2. The first-order chi connectivity index (χ1) is 30.0. The number of aromatic nitrogens is 2. The number of pyridine rings is 2. The van der Waals surface area contributed by atoms with Gasteiger partial charge in [0.2, 0.25) is 0 Å². The topological polar surface area (TPSA) is 123 Å². The van der Waals surface area contributed by atoms with Gasteiger partial charge in [0.25, 0.3) is 11.8 Å². The summed E-state index contributed by atoms with van der Waals surface area (Å²) in [6.07, 6.45) is 4.72. The molecule has 0 atom stereocenters. The Balaban J connectivity index is 0.000000177. The highest BCUT2D eigenvalue weighted by molar-refractivity contribution is 6.35. The fourth-order valence-corrected chi connectivity index (χ4v) is 8.23. The largest absolute Gasteiger partial charge is 0.371 e. The fraction of sp³-hybridized carbons (Fsp3) is 0.360. The van der Waals surface area contributed by atoms with Crippen LogP contribution in [0.15, 0.2) is 109 Å². The lowest BCUT2D eigenvalue weighted by Crippen LogP contribution is -2.49. The zero-order valence-electron chi connectivity index (χ0n) is 37.0. The maximum absolute atomic E-state index is 12.7. The smallest absolute Gasteiger partial charge is 0.256 e. The molecule has 4 aromatic carbocycles. The van der Waals surface area contributed by atoms with E-state index in [0.29, 0.717) is 43.9 Å². The summed E-state index contributed by atoms with van der Waals surface area (Å²) in [5.41, 5.74) is 4.18. The summed E-state index contributed by atoms with van der Waals surface area (Å²) in [4.78, 5) is 36.3. The number of hydrogen-bond donors (Lipinski definition) is 5. The van der Waals surface area contributed by atoms with E-state index in [9.17, 15) is 9.59 Å². The van der Waals surface area contributed by atoms with Gasteiger partial charge in [0.15, 0.2) is 0 Å². The van der Waals surface area contributed by atoms with Crippen molar-refractivity contribution in [2.24, 2.45) is 0 Å². The molecule has 0 saturated carbocycles. The van der Waals surface area contributed by atoms with Gasteiger partial charge in [-0.2, -0.15) is 0 Å². The number of anilines is 3. The van der Waals surface area contributed by atoms with Crippen LogP contribution in [0.3, 0.4) is 0 Å². The number of benzene rings is 4. The molecule has 0 radical (unpaired) electrons. The van der Waals surface area contributed by atoms with E-state index in [-0.39, 0.29) is 22.9 Å². The quantitative estimate of drug-likeness (QED) is 0.107. The summed E-state index contributed by atoms with van der Waals surface area (Å²) >= 11 is 17.9. The summed E-state index contributed by atoms with van der Waals surface area (Å²) in [5.74, 6) is 0.520. The number of halogens is 3. The maximum Gasteiger partial charge on any atom is 0.256 e. The summed E-state index contributed by atoms with van der Waals surface area (Å²) in [6.45, 7) is 17.6. The van der Waals surface area contributed by atoms with Crippen molar-refractivity contribution in [3.05, 3.63) is 135 Å². The molecule has 0 unspecified atom stereocenters. The molecule has 5 N–H and O–H groups in total. The van der Waals surface area contributed by atoms with E-state index in [2.05, 4.69) is 89.1 Å². The number of para-hydroxylation sites is 2. The minimum atomic E-state index is -0.259. The zero-order valence-corrected chi connectivity index (χ0v) is 39.3. The van der Waals surface area contributed by atoms with E-state index in [1.165, 1.54) is 25.9 Å². The average Bonchev–Trinajstić information content (AvgIpc) is 3.24. The Morgan fingerprint density at radius 2 is 1.02 bits per heavy atom. The van der Waals surface area contributed by atoms with Crippen LogP contribution in [0.1, 0.15) is 87.9 Å². The normalized spacial score (nSPS) is 14.9. The second kappa shape index (κ2) is 21.7. The van der Waals surface area contributed by atoms with Gasteiger partial charge in [0.1, 0.15) is 11.6 Å². The molecule has 2 aliphatic rings. The molecule has 332 valence electrons. The third-order valence-corrected chi connectivity index (χ3v) is 11.3. The third-order valence-electron chi connectivity index (χ3n) is 10.5. The molecule has 4 heterocycles. The number of hydrogen-bond acceptors (Lipinski definition) is 8. The van der Waals surface area contributed by atoms with Crippen LogP contribution in [0, 0.1) is 0 Å². The molecule has 13 heteroatoms. The van der Waals surface area contributed by atoms with Crippen LogP contribution in [0.2, 0.25) is 15.1 Å². The first kappa shape index (κ1) is 47.7. The van der Waals surface area contributed by atoms with Crippen molar-refractivity contribution in [2.75, 3.05) is 41.7 Å². The molecular weight excluding hydrogens is 851 g/mol. The van der Waals surface area contributed by atoms with E-state index in [1.54, 1.807) is 54.6 Å². The lowest BCUT2D eigenvalue weighted by atomic mass is 9.99. The Kier molecular flexibility index (Phi) is 16.4. The fourth-order valence-electron chi connectivity index (χ4n) is 7.71. The van der Waals surface area contributed by atoms with Gasteiger partial charge in [-0.3, -0.25) is 9.59 Å². The highest BCUT2D eigenvalue weighted by Gasteiger charge is 2.25. The molecule has 2 fully saturated rings. The molecule has 8 rings (SSSR count). The first-order valence-electron chi connectivity index (χ1n) is 21.6. The number of piperidine rings is 2. The van der Waals surface area contributed by atoms with Gasteiger partial charge in [-0.25, -0.2) is 9.97 Å².